The van der Waals surface area contributed by atoms with Crippen molar-refractivity contribution in [1.82, 2.24) is 0 Å². The van der Waals surface area contributed by atoms with Crippen LogP contribution in [0.4, 0.5) is 5.69 Å². The lowest BCUT2D eigenvalue weighted by Gasteiger charge is -2.16. The molecule has 1 heterocycles. The van der Waals surface area contributed by atoms with Crippen molar-refractivity contribution in [3.05, 3.63) is 89.3 Å². The van der Waals surface area contributed by atoms with Crippen LogP contribution < -0.4 is 14.4 Å². The highest BCUT2D eigenvalue weighted by Crippen LogP contribution is 2.42. The molecule has 6 heteroatoms. The fraction of sp³-hybridized carbons (Fsp3) is 0.154. The van der Waals surface area contributed by atoms with Crippen molar-refractivity contribution in [3.8, 4) is 11.5 Å². The van der Waals surface area contributed by atoms with Crippen LogP contribution in [0.3, 0.4) is 0 Å². The molecule has 3 aromatic carbocycles. The third-order valence-electron chi connectivity index (χ3n) is 4.83. The minimum absolute atomic E-state index is 0.0440. The van der Waals surface area contributed by atoms with Gasteiger partial charge in [0, 0.05) is 11.0 Å². The van der Waals surface area contributed by atoms with Gasteiger partial charge >= 0.3 is 0 Å². The number of carbonyl (C=O) groups excluding carboxylic acids is 2. The zero-order valence-electron chi connectivity index (χ0n) is 18.1. The molecule has 0 spiro atoms. The van der Waals surface area contributed by atoms with Gasteiger partial charge < -0.3 is 9.47 Å². The van der Waals surface area contributed by atoms with E-state index >= 15 is 0 Å². The van der Waals surface area contributed by atoms with E-state index in [0.29, 0.717) is 33.2 Å². The van der Waals surface area contributed by atoms with Crippen molar-refractivity contribution in [1.29, 1.82) is 0 Å². The molecular weight excluding hydrogens is 422 g/mol. The maximum atomic E-state index is 13.5. The topological polar surface area (TPSA) is 55.8 Å². The number of hydrogen-bond donors (Lipinski definition) is 0. The number of hydrogen-bond acceptors (Lipinski definition) is 5. The Bertz CT molecular complexity index is 1170. The van der Waals surface area contributed by atoms with E-state index in [2.05, 4.69) is 0 Å². The molecule has 2 amide bonds. The first-order valence-electron chi connectivity index (χ1n) is 10.2. The number of thioether (sulfide) groups is 1. The molecule has 162 valence electrons. The average molecular weight is 446 g/mol. The van der Waals surface area contributed by atoms with Gasteiger partial charge in [-0.2, -0.15) is 0 Å². The fourth-order valence-corrected chi connectivity index (χ4v) is 4.44. The fourth-order valence-electron chi connectivity index (χ4n) is 3.42. The van der Waals surface area contributed by atoms with Crippen LogP contribution in [0.15, 0.2) is 88.7 Å². The highest BCUT2D eigenvalue weighted by Gasteiger charge is 2.40. The molecule has 0 unspecified atom stereocenters. The van der Waals surface area contributed by atoms with E-state index in [9.17, 15) is 9.59 Å². The zero-order valence-corrected chi connectivity index (χ0v) is 18.9. The Labute approximate surface area is 191 Å². The Balaban J connectivity index is 1.77. The lowest BCUT2D eigenvalue weighted by molar-refractivity contribution is -0.119. The Kier molecular flexibility index (Phi) is 6.32. The molecule has 32 heavy (non-hydrogen) atoms. The number of amides is 2. The summed E-state index contributed by atoms with van der Waals surface area (Å²) in [6.07, 6.45) is 0.0440. The third-order valence-corrected chi connectivity index (χ3v) is 5.92. The van der Waals surface area contributed by atoms with Crippen LogP contribution >= 0.6 is 11.8 Å². The summed E-state index contributed by atoms with van der Waals surface area (Å²) in [5.74, 6) is 0.570. The Morgan fingerprint density at radius 2 is 1.53 bits per heavy atom. The highest BCUT2D eigenvalue weighted by molar-refractivity contribution is 8.04. The molecule has 1 aliphatic rings. The summed E-state index contributed by atoms with van der Waals surface area (Å²) in [5, 5.41) is 0. The number of benzene rings is 3. The van der Waals surface area contributed by atoms with Gasteiger partial charge in [-0.05, 0) is 55.8 Å². The van der Waals surface area contributed by atoms with E-state index in [4.69, 9.17) is 9.47 Å². The summed E-state index contributed by atoms with van der Waals surface area (Å²) in [7, 11) is 1.55. The zero-order chi connectivity index (χ0) is 22.7. The molecule has 0 saturated carbocycles. The number of ether oxygens (including phenoxy) is 2. The normalized spacial score (nSPS) is 13.8. The van der Waals surface area contributed by atoms with E-state index in [1.165, 1.54) is 16.7 Å². The van der Waals surface area contributed by atoms with Gasteiger partial charge in [-0.1, -0.05) is 48.2 Å². The first kappa shape index (κ1) is 21.7. The van der Waals surface area contributed by atoms with Gasteiger partial charge in [0.15, 0.2) is 0 Å². The van der Waals surface area contributed by atoms with Crippen molar-refractivity contribution < 1.29 is 19.1 Å². The number of nitrogens with zero attached hydrogens (tertiary/aromatic N) is 1. The van der Waals surface area contributed by atoms with Crippen molar-refractivity contribution in [3.63, 3.8) is 0 Å². The minimum Gasteiger partial charge on any atom is -0.497 e. The van der Waals surface area contributed by atoms with E-state index < -0.39 is 0 Å². The van der Waals surface area contributed by atoms with Crippen LogP contribution in [0.1, 0.15) is 19.4 Å². The van der Waals surface area contributed by atoms with Crippen LogP contribution in [0, 0.1) is 0 Å². The molecule has 0 saturated heterocycles. The maximum absolute atomic E-state index is 13.5. The molecule has 0 fully saturated rings. The number of methoxy groups -OCH3 is 1. The van der Waals surface area contributed by atoms with Gasteiger partial charge in [0.1, 0.15) is 11.5 Å². The summed E-state index contributed by atoms with van der Waals surface area (Å²) in [6.45, 7) is 3.91. The molecular formula is C26H23NO4S. The number of carbonyl (C=O) groups is 2. The Morgan fingerprint density at radius 3 is 2.19 bits per heavy atom. The molecule has 0 N–H and O–H groups in total. The summed E-state index contributed by atoms with van der Waals surface area (Å²) in [4.78, 5) is 29.5. The SMILES string of the molecule is COc1cccc(N2C(=O)C(Sc3ccccc3)=C(c3ccc(OC(C)C)cc3)C2=O)c1. The molecule has 0 bridgehead atoms. The molecule has 0 aliphatic carbocycles. The molecule has 0 radical (unpaired) electrons. The highest BCUT2D eigenvalue weighted by atomic mass is 32.2. The van der Waals surface area contributed by atoms with Gasteiger partial charge in [-0.25, -0.2) is 4.90 Å². The smallest absolute Gasteiger partial charge is 0.272 e. The summed E-state index contributed by atoms with van der Waals surface area (Å²) < 4.78 is 11.0. The lowest BCUT2D eigenvalue weighted by Crippen LogP contribution is -2.31. The molecule has 5 nitrogen and oxygen atoms in total. The first-order chi connectivity index (χ1) is 15.5. The van der Waals surface area contributed by atoms with E-state index in [1.54, 1.807) is 31.4 Å². The standard InChI is InChI=1S/C26H23NO4S/c1-17(2)31-20-14-12-18(13-15-20)23-24(32-22-10-5-4-6-11-22)26(29)27(25(23)28)19-8-7-9-21(16-19)30-3/h4-17H,1-3H3. The van der Waals surface area contributed by atoms with Crippen molar-refractivity contribution in [2.24, 2.45) is 0 Å². The predicted octanol–water partition coefficient (Wildman–Crippen LogP) is 5.56. The van der Waals surface area contributed by atoms with E-state index in [0.717, 1.165) is 4.90 Å². The van der Waals surface area contributed by atoms with Crippen molar-refractivity contribution in [2.45, 2.75) is 24.8 Å². The second-order valence-electron chi connectivity index (χ2n) is 7.46. The van der Waals surface area contributed by atoms with Gasteiger partial charge in [0.05, 0.1) is 29.4 Å². The van der Waals surface area contributed by atoms with E-state index in [-0.39, 0.29) is 17.9 Å². The summed E-state index contributed by atoms with van der Waals surface area (Å²) in [6, 6.07) is 23.8. The van der Waals surface area contributed by atoms with Crippen molar-refractivity contribution in [2.75, 3.05) is 12.0 Å². The van der Waals surface area contributed by atoms with Gasteiger partial charge in [0.25, 0.3) is 11.8 Å². The van der Waals surface area contributed by atoms with E-state index in [1.807, 2.05) is 68.4 Å². The second kappa shape index (κ2) is 9.32. The van der Waals surface area contributed by atoms with Crippen LogP contribution in [-0.2, 0) is 9.59 Å². The Morgan fingerprint density at radius 1 is 0.812 bits per heavy atom. The monoisotopic (exact) mass is 445 g/mol. The number of imide groups is 1. The second-order valence-corrected chi connectivity index (χ2v) is 8.54. The van der Waals surface area contributed by atoms with Crippen LogP contribution in [0.25, 0.3) is 5.57 Å². The molecule has 0 atom stereocenters. The maximum Gasteiger partial charge on any atom is 0.272 e. The predicted molar refractivity (Wildman–Crippen MR) is 127 cm³/mol. The molecule has 4 rings (SSSR count). The summed E-state index contributed by atoms with van der Waals surface area (Å²) in [5.41, 5.74) is 1.52. The van der Waals surface area contributed by atoms with Gasteiger partial charge in [0.2, 0.25) is 0 Å². The van der Waals surface area contributed by atoms with Crippen LogP contribution in [0.5, 0.6) is 11.5 Å². The lowest BCUT2D eigenvalue weighted by atomic mass is 10.1. The first-order valence-corrected chi connectivity index (χ1v) is 11.1. The minimum atomic E-state index is -0.362. The van der Waals surface area contributed by atoms with Gasteiger partial charge in [-0.15, -0.1) is 0 Å². The number of anilines is 1. The quantitative estimate of drug-likeness (QED) is 0.446. The molecule has 1 aliphatic heterocycles. The van der Waals surface area contributed by atoms with Crippen LogP contribution in [-0.4, -0.2) is 25.0 Å². The van der Waals surface area contributed by atoms with Crippen molar-refractivity contribution >= 4 is 34.8 Å². The third kappa shape index (κ3) is 4.41. The molecule has 3 aromatic rings. The molecule has 0 aromatic heterocycles. The number of rotatable bonds is 7. The largest absolute Gasteiger partial charge is 0.497 e. The van der Waals surface area contributed by atoms with Crippen LogP contribution in [0.2, 0.25) is 0 Å². The Hall–Kier alpha value is -3.51. The summed E-state index contributed by atoms with van der Waals surface area (Å²) >= 11 is 1.29. The van der Waals surface area contributed by atoms with Gasteiger partial charge in [-0.3, -0.25) is 9.59 Å². The average Bonchev–Trinajstić information content (AvgIpc) is 3.04.